The van der Waals surface area contributed by atoms with Crippen molar-refractivity contribution in [3.63, 3.8) is 0 Å². The maximum Gasteiger partial charge on any atom is 0.143 e. The molecule has 0 saturated heterocycles. The Labute approximate surface area is 105 Å². The van der Waals surface area contributed by atoms with Crippen molar-refractivity contribution < 1.29 is 4.79 Å². The molecule has 0 aromatic rings. The molecule has 0 aromatic carbocycles. The van der Waals surface area contributed by atoms with Crippen LogP contribution in [0.3, 0.4) is 0 Å². The Kier molecular flexibility index (Phi) is 3.05. The first-order valence-corrected chi connectivity index (χ1v) is 6.73. The highest BCUT2D eigenvalue weighted by Gasteiger charge is 2.59. The summed E-state index contributed by atoms with van der Waals surface area (Å²) in [6.45, 7) is 8.86. The molecule has 1 saturated carbocycles. The summed E-state index contributed by atoms with van der Waals surface area (Å²) in [6, 6.07) is 0. The van der Waals surface area contributed by atoms with E-state index in [9.17, 15) is 4.79 Å². The van der Waals surface area contributed by atoms with Gasteiger partial charge in [-0.25, -0.2) is 0 Å². The van der Waals surface area contributed by atoms with Crippen molar-refractivity contribution in [1.29, 1.82) is 0 Å². The van der Waals surface area contributed by atoms with Gasteiger partial charge in [0.15, 0.2) is 0 Å². The number of Topliss-reactive ketones (excluding diaryl/α,β-unsaturated/α-hetero) is 1. The maximum atomic E-state index is 11.9. The van der Waals surface area contributed by atoms with Crippen molar-refractivity contribution in [2.45, 2.75) is 53.4 Å². The van der Waals surface area contributed by atoms with Gasteiger partial charge in [0.05, 0.1) is 0 Å². The second-order valence-electron chi connectivity index (χ2n) is 6.72. The Morgan fingerprint density at radius 1 is 1.24 bits per heavy atom. The van der Waals surface area contributed by atoms with Crippen LogP contribution in [0.5, 0.6) is 0 Å². The molecule has 94 valence electrons. The molecule has 0 aromatic heterocycles. The lowest BCUT2D eigenvalue weighted by atomic mass is 9.87. The second-order valence-corrected chi connectivity index (χ2v) is 6.72. The summed E-state index contributed by atoms with van der Waals surface area (Å²) < 4.78 is 0. The summed E-state index contributed by atoms with van der Waals surface area (Å²) in [4.78, 5) is 11.9. The number of rotatable bonds is 0. The van der Waals surface area contributed by atoms with Crippen LogP contribution >= 0.6 is 0 Å². The fourth-order valence-corrected chi connectivity index (χ4v) is 2.82. The summed E-state index contributed by atoms with van der Waals surface area (Å²) in [5.41, 5.74) is 1.61. The van der Waals surface area contributed by atoms with Crippen molar-refractivity contribution in [2.24, 2.45) is 16.7 Å². The summed E-state index contributed by atoms with van der Waals surface area (Å²) in [5.74, 6) is 0.796. The number of allylic oxidation sites excluding steroid dienone is 4. The van der Waals surface area contributed by atoms with Crippen molar-refractivity contribution in [3.05, 3.63) is 23.8 Å². The molecule has 0 radical (unpaired) electrons. The molecule has 0 amide bonds. The third kappa shape index (κ3) is 2.53. The summed E-state index contributed by atoms with van der Waals surface area (Å²) >= 11 is 0. The fourth-order valence-electron chi connectivity index (χ4n) is 2.82. The SMILES string of the molecule is C/C1=C\CC(C)(C)/C=C/C[C@@]2(C)C(=O)[C@@H]2CC1. The van der Waals surface area contributed by atoms with Gasteiger partial charge in [-0.05, 0) is 38.0 Å². The third-order valence-electron chi connectivity index (χ3n) is 4.48. The van der Waals surface area contributed by atoms with Gasteiger partial charge in [-0.2, -0.15) is 0 Å². The highest BCUT2D eigenvalue weighted by Crippen LogP contribution is 2.53. The van der Waals surface area contributed by atoms with Gasteiger partial charge < -0.3 is 0 Å². The molecule has 0 bridgehead atoms. The van der Waals surface area contributed by atoms with Crippen LogP contribution in [0.25, 0.3) is 0 Å². The standard InChI is InChI=1S/C16H24O/c1-12-6-7-13-14(17)16(13,4)10-5-9-15(2,3)11-8-12/h5,8-9,13H,6-7,10-11H2,1-4H3/b9-5+,12-8+/t13-,16+/m0/s1. The van der Waals surface area contributed by atoms with Gasteiger partial charge in [-0.1, -0.05) is 44.6 Å². The fraction of sp³-hybridized carbons (Fsp3) is 0.688. The van der Waals surface area contributed by atoms with Gasteiger partial charge in [0.1, 0.15) is 5.78 Å². The van der Waals surface area contributed by atoms with Crippen molar-refractivity contribution in [3.8, 4) is 0 Å². The van der Waals surface area contributed by atoms with Crippen LogP contribution in [0.4, 0.5) is 0 Å². The lowest BCUT2D eigenvalue weighted by Crippen LogP contribution is -2.06. The number of fused-ring (bicyclic) bond motifs is 1. The van der Waals surface area contributed by atoms with E-state index in [2.05, 4.69) is 45.9 Å². The van der Waals surface area contributed by atoms with Crippen LogP contribution in [0.2, 0.25) is 0 Å². The van der Waals surface area contributed by atoms with Crippen molar-refractivity contribution in [1.82, 2.24) is 0 Å². The first kappa shape index (κ1) is 12.6. The first-order chi connectivity index (χ1) is 7.85. The number of carbonyl (C=O) groups excluding carboxylic acids is 1. The molecular formula is C16H24O. The second kappa shape index (κ2) is 4.12. The van der Waals surface area contributed by atoms with Crippen LogP contribution in [0, 0.1) is 16.7 Å². The largest absolute Gasteiger partial charge is 0.299 e. The van der Waals surface area contributed by atoms with E-state index in [4.69, 9.17) is 0 Å². The number of hydrogen-bond donors (Lipinski definition) is 0. The van der Waals surface area contributed by atoms with Gasteiger partial charge in [0.2, 0.25) is 0 Å². The van der Waals surface area contributed by atoms with Crippen molar-refractivity contribution in [2.75, 3.05) is 0 Å². The van der Waals surface area contributed by atoms with Crippen LogP contribution < -0.4 is 0 Å². The predicted octanol–water partition coefficient (Wildman–Crippen LogP) is 4.29. The Balaban J connectivity index is 2.18. The number of ketones is 1. The molecule has 0 unspecified atom stereocenters. The molecule has 0 heterocycles. The Bertz CT molecular complexity index is 386. The monoisotopic (exact) mass is 232 g/mol. The molecule has 2 rings (SSSR count). The molecular weight excluding hydrogens is 208 g/mol. The molecule has 17 heavy (non-hydrogen) atoms. The van der Waals surface area contributed by atoms with E-state index in [-0.39, 0.29) is 10.8 Å². The summed E-state index contributed by atoms with van der Waals surface area (Å²) in [5, 5.41) is 0. The lowest BCUT2D eigenvalue weighted by Gasteiger charge is -2.18. The quantitative estimate of drug-likeness (QED) is 0.569. The maximum absolute atomic E-state index is 11.9. The Hall–Kier alpha value is -0.850. The zero-order chi connectivity index (χ0) is 12.7. The highest BCUT2D eigenvalue weighted by atomic mass is 16.1. The van der Waals surface area contributed by atoms with E-state index in [1.165, 1.54) is 5.57 Å². The summed E-state index contributed by atoms with van der Waals surface area (Å²) in [7, 11) is 0. The van der Waals surface area contributed by atoms with Gasteiger partial charge in [-0.3, -0.25) is 4.79 Å². The molecule has 1 fully saturated rings. The van der Waals surface area contributed by atoms with Crippen LogP contribution in [0.1, 0.15) is 53.4 Å². The zero-order valence-corrected chi connectivity index (χ0v) is 11.5. The predicted molar refractivity (Wildman–Crippen MR) is 71.8 cm³/mol. The van der Waals surface area contributed by atoms with Crippen molar-refractivity contribution >= 4 is 5.78 Å². The molecule has 1 heteroatoms. The summed E-state index contributed by atoms with van der Waals surface area (Å²) in [6.07, 6.45) is 11.0. The minimum atomic E-state index is -0.0444. The number of carbonyl (C=O) groups is 1. The minimum absolute atomic E-state index is 0.0444. The van der Waals surface area contributed by atoms with Crippen LogP contribution in [-0.4, -0.2) is 5.78 Å². The lowest BCUT2D eigenvalue weighted by molar-refractivity contribution is -0.113. The molecule has 1 nitrogen and oxygen atoms in total. The van der Waals surface area contributed by atoms with Gasteiger partial charge >= 0.3 is 0 Å². The van der Waals surface area contributed by atoms with Gasteiger partial charge in [0, 0.05) is 11.3 Å². The average Bonchev–Trinajstić information content (AvgIpc) is 2.75. The number of hydrogen-bond acceptors (Lipinski definition) is 1. The van der Waals surface area contributed by atoms with E-state index in [0.717, 1.165) is 25.7 Å². The molecule has 2 aliphatic rings. The van der Waals surface area contributed by atoms with Crippen LogP contribution in [-0.2, 0) is 4.79 Å². The van der Waals surface area contributed by atoms with Gasteiger partial charge in [-0.15, -0.1) is 0 Å². The molecule has 2 aliphatic carbocycles. The molecule has 0 spiro atoms. The Morgan fingerprint density at radius 2 is 1.94 bits per heavy atom. The zero-order valence-electron chi connectivity index (χ0n) is 11.5. The molecule has 2 atom stereocenters. The van der Waals surface area contributed by atoms with E-state index in [1.807, 2.05) is 0 Å². The topological polar surface area (TPSA) is 17.1 Å². The van der Waals surface area contributed by atoms with Gasteiger partial charge in [0.25, 0.3) is 0 Å². The van der Waals surface area contributed by atoms with E-state index in [1.54, 1.807) is 0 Å². The molecule has 0 N–H and O–H groups in total. The first-order valence-electron chi connectivity index (χ1n) is 6.73. The van der Waals surface area contributed by atoms with E-state index >= 15 is 0 Å². The molecule has 0 aliphatic heterocycles. The Morgan fingerprint density at radius 3 is 2.65 bits per heavy atom. The third-order valence-corrected chi connectivity index (χ3v) is 4.48. The normalized spacial score (nSPS) is 41.8. The minimum Gasteiger partial charge on any atom is -0.299 e. The van der Waals surface area contributed by atoms with Crippen LogP contribution in [0.15, 0.2) is 23.8 Å². The smallest absolute Gasteiger partial charge is 0.143 e. The van der Waals surface area contributed by atoms with E-state index < -0.39 is 0 Å². The highest BCUT2D eigenvalue weighted by molar-refractivity contribution is 6.03. The van der Waals surface area contributed by atoms with E-state index in [0.29, 0.717) is 11.7 Å². The average molecular weight is 232 g/mol.